The lowest BCUT2D eigenvalue weighted by Crippen LogP contribution is -1.99. The van der Waals surface area contributed by atoms with Crippen LogP contribution in [0.1, 0.15) is 15.9 Å². The van der Waals surface area contributed by atoms with Gasteiger partial charge in [-0.3, -0.25) is 4.79 Å². The molecule has 2 rings (SSSR count). The Bertz CT molecular complexity index is 838. The van der Waals surface area contributed by atoms with E-state index in [0.29, 0.717) is 11.1 Å². The molecule has 0 bridgehead atoms. The highest BCUT2D eigenvalue weighted by Gasteiger charge is 2.08. The molecule has 2 aromatic rings. The van der Waals surface area contributed by atoms with Crippen molar-refractivity contribution in [3.05, 3.63) is 71.3 Å². The van der Waals surface area contributed by atoms with Crippen LogP contribution in [0.4, 0.5) is 8.78 Å². The highest BCUT2D eigenvalue weighted by Crippen LogP contribution is 2.13. The first-order valence-corrected chi connectivity index (χ1v) is 8.14. The molecule has 0 fully saturated rings. The standard InChI is InChI=1S/C16H12F2O3S/c1-22(20,21)13-6-4-12(5-7-13)16(19)9-3-11-2-8-14(17)15(18)10-11/h2-10H,1H3/b9-3+. The molecule has 0 unspecified atom stereocenters. The molecular weight excluding hydrogens is 310 g/mol. The molecule has 0 radical (unpaired) electrons. The Morgan fingerprint density at radius 3 is 2.18 bits per heavy atom. The van der Waals surface area contributed by atoms with Gasteiger partial charge in [-0.2, -0.15) is 0 Å². The second kappa shape index (κ2) is 6.19. The minimum absolute atomic E-state index is 0.119. The van der Waals surface area contributed by atoms with E-state index >= 15 is 0 Å². The second-order valence-corrected chi connectivity index (χ2v) is 6.68. The number of sulfone groups is 1. The van der Waals surface area contributed by atoms with Crippen molar-refractivity contribution < 1.29 is 22.0 Å². The molecule has 0 aliphatic heterocycles. The van der Waals surface area contributed by atoms with Gasteiger partial charge in [0, 0.05) is 11.8 Å². The van der Waals surface area contributed by atoms with E-state index in [-0.39, 0.29) is 10.7 Å². The molecule has 0 aliphatic carbocycles. The van der Waals surface area contributed by atoms with E-state index in [2.05, 4.69) is 0 Å². The van der Waals surface area contributed by atoms with Gasteiger partial charge in [0.15, 0.2) is 27.3 Å². The summed E-state index contributed by atoms with van der Waals surface area (Å²) < 4.78 is 48.5. The van der Waals surface area contributed by atoms with Gasteiger partial charge in [-0.1, -0.05) is 12.1 Å². The van der Waals surface area contributed by atoms with Gasteiger partial charge < -0.3 is 0 Å². The summed E-state index contributed by atoms with van der Waals surface area (Å²) in [6, 6.07) is 8.77. The molecule has 0 aliphatic rings. The topological polar surface area (TPSA) is 51.2 Å². The quantitative estimate of drug-likeness (QED) is 0.641. The van der Waals surface area contributed by atoms with Crippen LogP contribution in [0.5, 0.6) is 0 Å². The average molecular weight is 322 g/mol. The zero-order valence-corrected chi connectivity index (χ0v) is 12.4. The molecule has 0 N–H and O–H groups in total. The van der Waals surface area contributed by atoms with Crippen molar-refractivity contribution in [3.8, 4) is 0 Å². The number of carbonyl (C=O) groups is 1. The monoisotopic (exact) mass is 322 g/mol. The SMILES string of the molecule is CS(=O)(=O)c1ccc(C(=O)/C=C/c2ccc(F)c(F)c2)cc1. The molecule has 2 aromatic carbocycles. The van der Waals surface area contributed by atoms with Gasteiger partial charge in [0.1, 0.15) is 0 Å². The number of allylic oxidation sites excluding steroid dienone is 1. The van der Waals surface area contributed by atoms with Crippen LogP contribution in [0.15, 0.2) is 53.4 Å². The van der Waals surface area contributed by atoms with Gasteiger partial charge in [0.25, 0.3) is 0 Å². The zero-order valence-electron chi connectivity index (χ0n) is 11.6. The summed E-state index contributed by atoms with van der Waals surface area (Å²) in [7, 11) is -3.32. The van der Waals surface area contributed by atoms with Gasteiger partial charge in [-0.15, -0.1) is 0 Å². The maximum Gasteiger partial charge on any atom is 0.185 e. The molecule has 0 spiro atoms. The summed E-state index contributed by atoms with van der Waals surface area (Å²) in [4.78, 5) is 12.0. The summed E-state index contributed by atoms with van der Waals surface area (Å²) in [5, 5.41) is 0. The molecule has 0 aromatic heterocycles. The first-order valence-electron chi connectivity index (χ1n) is 6.25. The Kier molecular flexibility index (Phi) is 4.51. The second-order valence-electron chi connectivity index (χ2n) is 4.67. The summed E-state index contributed by atoms with van der Waals surface area (Å²) >= 11 is 0. The first-order chi connectivity index (χ1) is 10.3. The van der Waals surface area contributed by atoms with E-state index < -0.39 is 21.5 Å². The Morgan fingerprint density at radius 2 is 1.64 bits per heavy atom. The maximum atomic E-state index is 13.0. The van der Waals surface area contributed by atoms with Crippen molar-refractivity contribution in [2.24, 2.45) is 0 Å². The highest BCUT2D eigenvalue weighted by atomic mass is 32.2. The van der Waals surface area contributed by atoms with E-state index in [0.717, 1.165) is 18.4 Å². The Hall–Kier alpha value is -2.34. The molecule has 3 nitrogen and oxygen atoms in total. The third-order valence-electron chi connectivity index (χ3n) is 2.94. The third-order valence-corrected chi connectivity index (χ3v) is 4.07. The molecule has 22 heavy (non-hydrogen) atoms. The van der Waals surface area contributed by atoms with Crippen LogP contribution in [0.3, 0.4) is 0 Å². The Balaban J connectivity index is 2.18. The largest absolute Gasteiger partial charge is 0.289 e. The Morgan fingerprint density at radius 1 is 1.00 bits per heavy atom. The number of hydrogen-bond donors (Lipinski definition) is 0. The lowest BCUT2D eigenvalue weighted by atomic mass is 10.1. The van der Waals surface area contributed by atoms with Crippen molar-refractivity contribution in [2.75, 3.05) is 6.26 Å². The number of rotatable bonds is 4. The predicted octanol–water partition coefficient (Wildman–Crippen LogP) is 3.26. The maximum absolute atomic E-state index is 13.0. The molecule has 0 amide bonds. The molecule has 114 valence electrons. The molecule has 0 saturated heterocycles. The van der Waals surface area contributed by atoms with Crippen LogP contribution in [-0.2, 0) is 9.84 Å². The minimum atomic E-state index is -3.32. The van der Waals surface area contributed by atoms with E-state index in [1.165, 1.54) is 42.5 Å². The minimum Gasteiger partial charge on any atom is -0.289 e. The normalized spacial score (nSPS) is 11.8. The number of benzene rings is 2. The van der Waals surface area contributed by atoms with Gasteiger partial charge in [-0.05, 0) is 48.0 Å². The van der Waals surface area contributed by atoms with Crippen LogP contribution < -0.4 is 0 Å². The highest BCUT2D eigenvalue weighted by molar-refractivity contribution is 7.90. The smallest absolute Gasteiger partial charge is 0.185 e. The van der Waals surface area contributed by atoms with Crippen LogP contribution in [-0.4, -0.2) is 20.5 Å². The van der Waals surface area contributed by atoms with Crippen LogP contribution in [0.2, 0.25) is 0 Å². The fourth-order valence-electron chi connectivity index (χ4n) is 1.75. The zero-order chi connectivity index (χ0) is 16.3. The molecule has 6 heteroatoms. The number of carbonyl (C=O) groups excluding carboxylic acids is 1. The van der Waals surface area contributed by atoms with Crippen LogP contribution in [0, 0.1) is 11.6 Å². The fraction of sp³-hybridized carbons (Fsp3) is 0.0625. The summed E-state index contributed by atoms with van der Waals surface area (Å²) in [5.74, 6) is -2.32. The van der Waals surface area contributed by atoms with E-state index in [9.17, 15) is 22.0 Å². The van der Waals surface area contributed by atoms with Gasteiger partial charge in [0.2, 0.25) is 0 Å². The van der Waals surface area contributed by atoms with Crippen molar-refractivity contribution in [1.29, 1.82) is 0 Å². The van der Waals surface area contributed by atoms with Crippen molar-refractivity contribution in [3.63, 3.8) is 0 Å². The summed E-state index contributed by atoms with van der Waals surface area (Å²) in [5.41, 5.74) is 0.645. The summed E-state index contributed by atoms with van der Waals surface area (Å²) in [6.07, 6.45) is 3.64. The van der Waals surface area contributed by atoms with E-state index in [1.54, 1.807) is 0 Å². The Labute approximate surface area is 126 Å². The van der Waals surface area contributed by atoms with Crippen LogP contribution >= 0.6 is 0 Å². The van der Waals surface area contributed by atoms with E-state index in [1.807, 2.05) is 0 Å². The van der Waals surface area contributed by atoms with Gasteiger partial charge in [0.05, 0.1) is 4.90 Å². The molecule has 0 heterocycles. The number of ketones is 1. The number of hydrogen-bond acceptors (Lipinski definition) is 3. The van der Waals surface area contributed by atoms with Crippen molar-refractivity contribution >= 4 is 21.7 Å². The van der Waals surface area contributed by atoms with Gasteiger partial charge >= 0.3 is 0 Å². The van der Waals surface area contributed by atoms with Crippen molar-refractivity contribution in [1.82, 2.24) is 0 Å². The lowest BCUT2D eigenvalue weighted by molar-refractivity contribution is 0.104. The van der Waals surface area contributed by atoms with Crippen LogP contribution in [0.25, 0.3) is 6.08 Å². The molecular formula is C16H12F2O3S. The average Bonchev–Trinajstić information content (AvgIpc) is 2.47. The molecule has 0 atom stereocenters. The molecule has 0 saturated carbocycles. The summed E-state index contributed by atoms with van der Waals surface area (Å²) in [6.45, 7) is 0. The fourth-order valence-corrected chi connectivity index (χ4v) is 2.38. The predicted molar refractivity (Wildman–Crippen MR) is 79.3 cm³/mol. The van der Waals surface area contributed by atoms with Gasteiger partial charge in [-0.25, -0.2) is 17.2 Å². The lowest BCUT2D eigenvalue weighted by Gasteiger charge is -2.00. The number of halogens is 2. The van der Waals surface area contributed by atoms with E-state index in [4.69, 9.17) is 0 Å². The first kappa shape index (κ1) is 16.0. The van der Waals surface area contributed by atoms with Crippen molar-refractivity contribution in [2.45, 2.75) is 4.90 Å². The third kappa shape index (κ3) is 3.85.